The zero-order chi connectivity index (χ0) is 16.4. The first-order valence-corrected chi connectivity index (χ1v) is 9.47. The summed E-state index contributed by atoms with van der Waals surface area (Å²) in [5.74, 6) is 1.35. The second kappa shape index (κ2) is 6.97. The Morgan fingerprint density at radius 3 is 2.91 bits per heavy atom. The summed E-state index contributed by atoms with van der Waals surface area (Å²) in [6.07, 6.45) is 0.999. The van der Waals surface area contributed by atoms with Gasteiger partial charge in [-0.25, -0.2) is 0 Å². The van der Waals surface area contributed by atoms with Crippen molar-refractivity contribution < 1.29 is 4.79 Å². The van der Waals surface area contributed by atoms with Crippen LogP contribution in [0.3, 0.4) is 0 Å². The lowest BCUT2D eigenvalue weighted by atomic mass is 10.2. The smallest absolute Gasteiger partial charge is 0.237 e. The molecule has 5 nitrogen and oxygen atoms in total. The predicted octanol–water partition coefficient (Wildman–Crippen LogP) is 3.13. The molecule has 0 radical (unpaired) electrons. The predicted molar refractivity (Wildman–Crippen MR) is 95.2 cm³/mol. The second-order valence-corrected chi connectivity index (χ2v) is 8.03. The summed E-state index contributed by atoms with van der Waals surface area (Å²) in [7, 11) is 1.92. The SMILES string of the molecule is Cc1nnc(SCC(=O)N2CC[C@@H](C)Sc3ccccc32)n1C. The van der Waals surface area contributed by atoms with Gasteiger partial charge in [0.1, 0.15) is 5.82 Å². The first kappa shape index (κ1) is 16.4. The van der Waals surface area contributed by atoms with E-state index in [1.807, 2.05) is 53.4 Å². The maximum Gasteiger partial charge on any atom is 0.237 e. The van der Waals surface area contributed by atoms with E-state index in [2.05, 4.69) is 23.2 Å². The van der Waals surface area contributed by atoms with Crippen LogP contribution >= 0.6 is 23.5 Å². The van der Waals surface area contributed by atoms with Crippen LogP contribution in [0.2, 0.25) is 0 Å². The van der Waals surface area contributed by atoms with Crippen molar-refractivity contribution in [3.05, 3.63) is 30.1 Å². The van der Waals surface area contributed by atoms with Crippen LogP contribution in [0.4, 0.5) is 5.69 Å². The van der Waals surface area contributed by atoms with Crippen molar-refractivity contribution in [2.45, 2.75) is 35.6 Å². The molecule has 1 aliphatic heterocycles. The van der Waals surface area contributed by atoms with Gasteiger partial charge in [0.25, 0.3) is 0 Å². The number of amides is 1. The molecule has 0 saturated heterocycles. The van der Waals surface area contributed by atoms with E-state index in [1.54, 1.807) is 0 Å². The Kier molecular flexibility index (Phi) is 4.96. The summed E-state index contributed by atoms with van der Waals surface area (Å²) in [4.78, 5) is 15.9. The fourth-order valence-electron chi connectivity index (χ4n) is 2.46. The zero-order valence-electron chi connectivity index (χ0n) is 13.5. The molecule has 23 heavy (non-hydrogen) atoms. The molecule has 122 valence electrons. The van der Waals surface area contributed by atoms with E-state index in [0.29, 0.717) is 11.0 Å². The standard InChI is InChI=1S/C16H20N4OS2/c1-11-8-9-20(13-6-4-5-7-14(13)23-11)15(21)10-22-16-18-17-12(2)19(16)3/h4-7,11H,8-10H2,1-3H3/t11-/m1/s1. The van der Waals surface area contributed by atoms with Crippen LogP contribution in [0.15, 0.2) is 34.3 Å². The summed E-state index contributed by atoms with van der Waals surface area (Å²) in [5.41, 5.74) is 1.03. The minimum Gasteiger partial charge on any atom is -0.311 e. The molecule has 1 aromatic heterocycles. The lowest BCUT2D eigenvalue weighted by Crippen LogP contribution is -2.33. The number of hydrogen-bond donors (Lipinski definition) is 0. The van der Waals surface area contributed by atoms with Crippen LogP contribution in [0.1, 0.15) is 19.2 Å². The quantitative estimate of drug-likeness (QED) is 0.798. The first-order valence-electron chi connectivity index (χ1n) is 7.61. The van der Waals surface area contributed by atoms with Crippen LogP contribution in [-0.2, 0) is 11.8 Å². The van der Waals surface area contributed by atoms with Gasteiger partial charge < -0.3 is 9.47 Å². The third-order valence-electron chi connectivity index (χ3n) is 3.92. The molecule has 0 saturated carbocycles. The van der Waals surface area contributed by atoms with Gasteiger partial charge in [-0.2, -0.15) is 0 Å². The summed E-state index contributed by atoms with van der Waals surface area (Å²) in [6, 6.07) is 8.16. The Hall–Kier alpha value is -1.47. The number of fused-ring (bicyclic) bond motifs is 1. The number of hydrogen-bond acceptors (Lipinski definition) is 5. The molecule has 0 spiro atoms. The molecule has 1 amide bonds. The van der Waals surface area contributed by atoms with Crippen molar-refractivity contribution >= 4 is 35.1 Å². The number of aryl methyl sites for hydroxylation is 1. The highest BCUT2D eigenvalue weighted by molar-refractivity contribution is 8.00. The fraction of sp³-hybridized carbons (Fsp3) is 0.438. The molecule has 0 bridgehead atoms. The summed E-state index contributed by atoms with van der Waals surface area (Å²) in [5, 5.41) is 9.44. The van der Waals surface area contributed by atoms with Crippen molar-refractivity contribution in [3.63, 3.8) is 0 Å². The van der Waals surface area contributed by atoms with E-state index < -0.39 is 0 Å². The Morgan fingerprint density at radius 1 is 1.39 bits per heavy atom. The topological polar surface area (TPSA) is 51.0 Å². The average Bonchev–Trinajstić information content (AvgIpc) is 2.76. The number of para-hydroxylation sites is 1. The number of benzene rings is 1. The van der Waals surface area contributed by atoms with E-state index in [-0.39, 0.29) is 5.91 Å². The Morgan fingerprint density at radius 2 is 2.17 bits per heavy atom. The molecule has 0 aliphatic carbocycles. The van der Waals surface area contributed by atoms with Crippen molar-refractivity contribution in [3.8, 4) is 0 Å². The summed E-state index contributed by atoms with van der Waals surface area (Å²) in [6.45, 7) is 4.89. The van der Waals surface area contributed by atoms with Crippen molar-refractivity contribution in [2.75, 3.05) is 17.2 Å². The van der Waals surface area contributed by atoms with Crippen molar-refractivity contribution in [1.82, 2.24) is 14.8 Å². The fourth-order valence-corrected chi connectivity index (χ4v) is 4.41. The molecule has 2 heterocycles. The number of rotatable bonds is 3. The van der Waals surface area contributed by atoms with E-state index in [1.165, 1.54) is 16.7 Å². The number of anilines is 1. The summed E-state index contributed by atoms with van der Waals surface area (Å²) < 4.78 is 1.91. The Labute approximate surface area is 144 Å². The van der Waals surface area contributed by atoms with Gasteiger partial charge in [0.2, 0.25) is 5.91 Å². The lowest BCUT2D eigenvalue weighted by molar-refractivity contribution is -0.116. The number of carbonyl (C=O) groups excluding carboxylic acids is 1. The van der Waals surface area contributed by atoms with E-state index >= 15 is 0 Å². The minimum atomic E-state index is 0.123. The number of thioether (sulfide) groups is 2. The largest absolute Gasteiger partial charge is 0.311 e. The normalized spacial score (nSPS) is 17.7. The number of nitrogens with zero attached hydrogens (tertiary/aromatic N) is 4. The van der Waals surface area contributed by atoms with E-state index in [4.69, 9.17) is 0 Å². The van der Waals surface area contributed by atoms with E-state index in [9.17, 15) is 4.79 Å². The lowest BCUT2D eigenvalue weighted by Gasteiger charge is -2.22. The van der Waals surface area contributed by atoms with Crippen molar-refractivity contribution in [2.24, 2.45) is 7.05 Å². The van der Waals surface area contributed by atoms with Gasteiger partial charge in [-0.3, -0.25) is 4.79 Å². The van der Waals surface area contributed by atoms with Crippen LogP contribution in [0.25, 0.3) is 0 Å². The molecule has 1 aromatic carbocycles. The monoisotopic (exact) mass is 348 g/mol. The number of aromatic nitrogens is 3. The minimum absolute atomic E-state index is 0.123. The molecule has 1 atom stereocenters. The zero-order valence-corrected chi connectivity index (χ0v) is 15.2. The van der Waals surface area contributed by atoms with E-state index in [0.717, 1.165) is 29.6 Å². The highest BCUT2D eigenvalue weighted by Gasteiger charge is 2.24. The third kappa shape index (κ3) is 3.55. The Balaban J connectivity index is 1.75. The van der Waals surface area contributed by atoms with Gasteiger partial charge >= 0.3 is 0 Å². The highest BCUT2D eigenvalue weighted by atomic mass is 32.2. The Bertz CT molecular complexity index is 716. The van der Waals surface area contributed by atoms with Crippen LogP contribution in [0.5, 0.6) is 0 Å². The van der Waals surface area contributed by atoms with Crippen LogP contribution in [-0.4, -0.2) is 38.2 Å². The van der Waals surface area contributed by atoms with Gasteiger partial charge in [-0.1, -0.05) is 30.8 Å². The van der Waals surface area contributed by atoms with Gasteiger partial charge in [0, 0.05) is 23.7 Å². The summed E-state index contributed by atoms with van der Waals surface area (Å²) >= 11 is 3.29. The van der Waals surface area contributed by atoms with Gasteiger partial charge in [-0.15, -0.1) is 22.0 Å². The highest BCUT2D eigenvalue weighted by Crippen LogP contribution is 2.37. The average molecular weight is 348 g/mol. The number of carbonyl (C=O) groups is 1. The second-order valence-electron chi connectivity index (χ2n) is 5.61. The maximum absolute atomic E-state index is 12.8. The molecule has 3 rings (SSSR count). The molecule has 0 unspecified atom stereocenters. The molecule has 0 fully saturated rings. The molecule has 7 heteroatoms. The van der Waals surface area contributed by atoms with Gasteiger partial charge in [0.15, 0.2) is 5.16 Å². The third-order valence-corrected chi connectivity index (χ3v) is 6.16. The van der Waals surface area contributed by atoms with Crippen LogP contribution in [0, 0.1) is 6.92 Å². The maximum atomic E-state index is 12.8. The van der Waals surface area contributed by atoms with Gasteiger partial charge in [-0.05, 0) is 25.5 Å². The molecular formula is C16H20N4OS2. The molecule has 2 aromatic rings. The van der Waals surface area contributed by atoms with Crippen molar-refractivity contribution in [1.29, 1.82) is 0 Å². The molecule has 0 N–H and O–H groups in total. The first-order chi connectivity index (χ1) is 11.1. The molecule has 1 aliphatic rings. The van der Waals surface area contributed by atoms with Crippen LogP contribution < -0.4 is 4.90 Å². The molecular weight excluding hydrogens is 328 g/mol. The van der Waals surface area contributed by atoms with Gasteiger partial charge in [0.05, 0.1) is 11.4 Å².